The molecule has 4 N–H and O–H groups in total. The summed E-state index contributed by atoms with van der Waals surface area (Å²) in [6, 6.07) is 26.8. The number of carbonyl (C=O) groups excluding carboxylic acids is 4. The number of carbonyl (C=O) groups is 4. The normalized spacial score (nSPS) is 11.5. The van der Waals surface area contributed by atoms with Crippen molar-refractivity contribution in [2.45, 2.75) is 0 Å². The van der Waals surface area contributed by atoms with Crippen LogP contribution in [-0.4, -0.2) is 45.9 Å². The van der Waals surface area contributed by atoms with E-state index in [0.29, 0.717) is 0 Å². The second-order valence-corrected chi connectivity index (χ2v) is 9.90. The third kappa shape index (κ3) is 10.5. The Kier molecular flexibility index (Phi) is 12.2. The Bertz CT molecular complexity index is 1900. The molecule has 0 radical (unpaired) electrons. The maximum absolute atomic E-state index is 13.0. The van der Waals surface area contributed by atoms with E-state index in [4.69, 9.17) is 0 Å². The predicted octanol–water partition coefficient (Wildman–Crippen LogP) is 3.95. The van der Waals surface area contributed by atoms with Crippen molar-refractivity contribution in [1.29, 1.82) is 0 Å². The van der Waals surface area contributed by atoms with E-state index in [0.717, 1.165) is 12.4 Å². The average Bonchev–Trinajstić information content (AvgIpc) is 3.13. The van der Waals surface area contributed by atoms with Gasteiger partial charge in [-0.25, -0.2) is 10.9 Å². The van der Waals surface area contributed by atoms with Crippen LogP contribution in [0.5, 0.6) is 0 Å². The molecule has 0 fully saturated rings. The topological polar surface area (TPSA) is 227 Å². The van der Waals surface area contributed by atoms with Gasteiger partial charge in [0.05, 0.1) is 22.3 Å². The molecule has 0 heterocycles. The van der Waals surface area contributed by atoms with Gasteiger partial charge in [0, 0.05) is 35.4 Å². The average molecular weight is 675 g/mol. The Morgan fingerprint density at radius 2 is 0.920 bits per heavy atom. The summed E-state index contributed by atoms with van der Waals surface area (Å²) in [5.74, 6) is -3.03. The van der Waals surface area contributed by atoms with Gasteiger partial charge in [-0.05, 0) is 47.5 Å². The molecule has 16 heteroatoms. The SMILES string of the molecule is O=C(N/N=C/C=N/NC(=O)/C(=C/c1cccc([N+](=O)[O-])c1)NC(=O)c1ccccc1)/C(=C/c1cccc([N+](=O)[O-])c1)NC(=O)c1ccccc1. The lowest BCUT2D eigenvalue weighted by Gasteiger charge is -2.09. The molecule has 0 spiro atoms. The van der Waals surface area contributed by atoms with Crippen LogP contribution >= 0.6 is 0 Å². The molecule has 0 aromatic heterocycles. The van der Waals surface area contributed by atoms with Crippen LogP contribution in [0.4, 0.5) is 11.4 Å². The number of hydrogen-bond acceptors (Lipinski definition) is 10. The molecule has 0 bridgehead atoms. The first kappa shape index (κ1) is 35.2. The van der Waals surface area contributed by atoms with Crippen LogP contribution in [0.2, 0.25) is 0 Å². The van der Waals surface area contributed by atoms with Crippen LogP contribution in [0, 0.1) is 20.2 Å². The lowest BCUT2D eigenvalue weighted by atomic mass is 10.1. The number of hydrogen-bond donors (Lipinski definition) is 4. The van der Waals surface area contributed by atoms with E-state index in [1.165, 1.54) is 84.9 Å². The number of nitro groups is 2. The van der Waals surface area contributed by atoms with E-state index in [1.807, 2.05) is 0 Å². The molecular weight excluding hydrogens is 648 g/mol. The van der Waals surface area contributed by atoms with Crippen molar-refractivity contribution in [1.82, 2.24) is 21.5 Å². The molecule has 4 amide bonds. The number of non-ortho nitro benzene ring substituents is 2. The van der Waals surface area contributed by atoms with Crippen molar-refractivity contribution in [3.8, 4) is 0 Å². The largest absolute Gasteiger partial charge is 0.317 e. The van der Waals surface area contributed by atoms with Crippen molar-refractivity contribution in [3.05, 3.63) is 163 Å². The van der Waals surface area contributed by atoms with Gasteiger partial charge in [0.1, 0.15) is 11.4 Å². The first-order valence-corrected chi connectivity index (χ1v) is 14.4. The molecule has 50 heavy (non-hydrogen) atoms. The zero-order valence-corrected chi connectivity index (χ0v) is 25.8. The highest BCUT2D eigenvalue weighted by Crippen LogP contribution is 2.17. The molecule has 16 nitrogen and oxygen atoms in total. The van der Waals surface area contributed by atoms with Gasteiger partial charge in [-0.1, -0.05) is 60.7 Å². The number of amides is 4. The summed E-state index contributed by atoms with van der Waals surface area (Å²) in [7, 11) is 0. The number of nitro benzene ring substituents is 2. The molecule has 0 aliphatic rings. The minimum Gasteiger partial charge on any atom is -0.317 e. The van der Waals surface area contributed by atoms with Crippen molar-refractivity contribution in [2.75, 3.05) is 0 Å². The highest BCUT2D eigenvalue weighted by atomic mass is 16.6. The Labute approximate surface area is 283 Å². The standard InChI is InChI=1S/C34H26N8O8/c43-31(25-11-3-1-4-12-25)37-29(21-23-9-7-15-27(19-23)41(47)48)33(45)39-35-17-18-36-40-34(46)30(38-32(44)26-13-5-2-6-14-26)22-24-10-8-16-28(20-24)42(49)50/h1-22H,(H,37,43)(H,38,44)(H,39,45)(H,40,46)/b29-21-,30-22-,35-17+,36-18+. The number of hydrazone groups is 2. The van der Waals surface area contributed by atoms with Crippen LogP contribution in [0.15, 0.2) is 131 Å². The summed E-state index contributed by atoms with van der Waals surface area (Å²) in [5.41, 5.74) is 4.33. The summed E-state index contributed by atoms with van der Waals surface area (Å²) in [4.78, 5) is 72.7. The first-order valence-electron chi connectivity index (χ1n) is 14.4. The Morgan fingerprint density at radius 1 is 0.540 bits per heavy atom. The molecule has 0 aliphatic heterocycles. The van der Waals surface area contributed by atoms with E-state index in [2.05, 4.69) is 31.7 Å². The maximum Gasteiger partial charge on any atom is 0.287 e. The monoisotopic (exact) mass is 674 g/mol. The number of nitrogens with zero attached hydrogens (tertiary/aromatic N) is 4. The number of nitrogens with one attached hydrogen (secondary N) is 4. The molecular formula is C34H26N8O8. The second kappa shape index (κ2) is 17.3. The smallest absolute Gasteiger partial charge is 0.287 e. The van der Waals surface area contributed by atoms with Gasteiger partial charge in [-0.2, -0.15) is 10.2 Å². The van der Waals surface area contributed by atoms with Crippen molar-refractivity contribution in [2.24, 2.45) is 10.2 Å². The third-order valence-electron chi connectivity index (χ3n) is 6.39. The van der Waals surface area contributed by atoms with Crippen LogP contribution < -0.4 is 21.5 Å². The first-order chi connectivity index (χ1) is 24.1. The van der Waals surface area contributed by atoms with E-state index in [1.54, 1.807) is 36.4 Å². The summed E-state index contributed by atoms with van der Waals surface area (Å²) >= 11 is 0. The molecule has 4 aromatic carbocycles. The molecule has 4 rings (SSSR count). The Hall–Kier alpha value is -7.62. The predicted molar refractivity (Wildman–Crippen MR) is 183 cm³/mol. The van der Waals surface area contributed by atoms with E-state index in [-0.39, 0.29) is 45.0 Å². The van der Waals surface area contributed by atoms with Crippen molar-refractivity contribution >= 4 is 59.6 Å². The highest BCUT2D eigenvalue weighted by Gasteiger charge is 2.17. The van der Waals surface area contributed by atoms with Crippen LogP contribution in [0.1, 0.15) is 31.8 Å². The maximum atomic E-state index is 13.0. The van der Waals surface area contributed by atoms with Gasteiger partial charge < -0.3 is 10.6 Å². The number of benzene rings is 4. The van der Waals surface area contributed by atoms with Crippen LogP contribution in [0.25, 0.3) is 12.2 Å². The van der Waals surface area contributed by atoms with Crippen molar-refractivity contribution < 1.29 is 29.0 Å². The molecule has 0 saturated carbocycles. The lowest BCUT2D eigenvalue weighted by Crippen LogP contribution is -2.33. The molecule has 0 unspecified atom stereocenters. The van der Waals surface area contributed by atoms with Gasteiger partial charge >= 0.3 is 0 Å². The van der Waals surface area contributed by atoms with Crippen LogP contribution in [-0.2, 0) is 9.59 Å². The lowest BCUT2D eigenvalue weighted by molar-refractivity contribution is -0.385. The van der Waals surface area contributed by atoms with Gasteiger partial charge in [-0.3, -0.25) is 39.4 Å². The summed E-state index contributed by atoms with van der Waals surface area (Å²) in [6.07, 6.45) is 4.45. The Balaban J connectivity index is 1.46. The fourth-order valence-corrected chi connectivity index (χ4v) is 4.05. The van der Waals surface area contributed by atoms with Crippen molar-refractivity contribution in [3.63, 3.8) is 0 Å². The fraction of sp³-hybridized carbons (Fsp3) is 0. The minimum atomic E-state index is -0.889. The molecule has 0 atom stereocenters. The Morgan fingerprint density at radius 3 is 1.28 bits per heavy atom. The zero-order chi connectivity index (χ0) is 35.9. The minimum absolute atomic E-state index is 0.230. The van der Waals surface area contributed by atoms with Crippen LogP contribution in [0.3, 0.4) is 0 Å². The van der Waals surface area contributed by atoms with Gasteiger partial charge in [0.15, 0.2) is 0 Å². The van der Waals surface area contributed by atoms with Gasteiger partial charge in [-0.15, -0.1) is 0 Å². The molecule has 4 aromatic rings. The van der Waals surface area contributed by atoms with Gasteiger partial charge in [0.25, 0.3) is 35.0 Å². The second-order valence-electron chi connectivity index (χ2n) is 9.90. The molecule has 0 aliphatic carbocycles. The zero-order valence-electron chi connectivity index (χ0n) is 25.8. The van der Waals surface area contributed by atoms with E-state index in [9.17, 15) is 39.4 Å². The third-order valence-corrected chi connectivity index (χ3v) is 6.39. The molecule has 250 valence electrons. The summed E-state index contributed by atoms with van der Waals surface area (Å²) in [6.45, 7) is 0. The van der Waals surface area contributed by atoms with E-state index < -0.39 is 33.5 Å². The quantitative estimate of drug-likeness (QED) is 0.0701. The fourth-order valence-electron chi connectivity index (χ4n) is 4.05. The summed E-state index contributed by atoms with van der Waals surface area (Å²) < 4.78 is 0. The number of rotatable bonds is 13. The van der Waals surface area contributed by atoms with E-state index >= 15 is 0 Å². The van der Waals surface area contributed by atoms with Gasteiger partial charge in [0.2, 0.25) is 0 Å². The summed E-state index contributed by atoms with van der Waals surface area (Å²) in [5, 5.41) is 34.7. The highest BCUT2D eigenvalue weighted by molar-refractivity contribution is 6.17. The molecule has 0 saturated heterocycles.